The van der Waals surface area contributed by atoms with Crippen LogP contribution in [0.4, 0.5) is 0 Å². The molecule has 0 atom stereocenters. The summed E-state index contributed by atoms with van der Waals surface area (Å²) in [6.07, 6.45) is 0. The van der Waals surface area contributed by atoms with Crippen molar-refractivity contribution in [3.05, 3.63) is 114 Å². The van der Waals surface area contributed by atoms with Gasteiger partial charge in [-0.25, -0.2) is 14.8 Å². The quantitative estimate of drug-likeness (QED) is 0.248. The Morgan fingerprint density at radius 2 is 1.22 bits per heavy atom. The van der Waals surface area contributed by atoms with Crippen molar-refractivity contribution in [1.29, 1.82) is 0 Å². The summed E-state index contributed by atoms with van der Waals surface area (Å²) in [6, 6.07) is 32.6. The fourth-order valence-electron chi connectivity index (χ4n) is 3.55. The van der Waals surface area contributed by atoms with Gasteiger partial charge in [0.2, 0.25) is 0 Å². The lowest BCUT2D eigenvalue weighted by atomic mass is 10.0. The molecule has 0 saturated heterocycles. The molecule has 5 aromatic rings. The maximum absolute atomic E-state index is 12.7. The predicted octanol–water partition coefficient (Wildman–Crippen LogP) is 6.49. The van der Waals surface area contributed by atoms with Crippen molar-refractivity contribution in [1.82, 2.24) is 9.97 Å². The molecule has 4 nitrogen and oxygen atoms in total. The van der Waals surface area contributed by atoms with E-state index in [9.17, 15) is 4.79 Å². The van der Waals surface area contributed by atoms with Crippen LogP contribution in [-0.4, -0.2) is 15.9 Å². The van der Waals surface area contributed by atoms with E-state index in [1.165, 1.54) is 0 Å². The van der Waals surface area contributed by atoms with Gasteiger partial charge in [-0.1, -0.05) is 78.4 Å². The standard InChI is InChI=1S/C28H20N2O2/c1-19-12-15-23(16-13-19)32-28(31)22-14-17-24-25(18-22)30-27(21-10-6-3-7-11-21)26(29-24)20-8-4-2-5-9-20/h2-18H,1H3. The van der Waals surface area contributed by atoms with E-state index in [-0.39, 0.29) is 0 Å². The van der Waals surface area contributed by atoms with E-state index in [0.29, 0.717) is 16.8 Å². The number of hydrogen-bond donors (Lipinski definition) is 0. The molecule has 5 rings (SSSR count). The van der Waals surface area contributed by atoms with Crippen LogP contribution in [0.15, 0.2) is 103 Å². The molecule has 0 fully saturated rings. The first-order valence-corrected chi connectivity index (χ1v) is 10.4. The molecule has 0 aliphatic heterocycles. The third kappa shape index (κ3) is 3.98. The molecule has 4 aromatic carbocycles. The third-order valence-corrected chi connectivity index (χ3v) is 5.23. The molecule has 0 radical (unpaired) electrons. The zero-order valence-corrected chi connectivity index (χ0v) is 17.5. The Morgan fingerprint density at radius 3 is 1.81 bits per heavy atom. The second-order valence-corrected chi connectivity index (χ2v) is 7.56. The average Bonchev–Trinajstić information content (AvgIpc) is 2.85. The molecule has 32 heavy (non-hydrogen) atoms. The Hall–Kier alpha value is -4.31. The Labute approximate surface area is 186 Å². The molecule has 0 aliphatic carbocycles. The molecular weight excluding hydrogens is 396 g/mol. The van der Waals surface area contributed by atoms with Gasteiger partial charge in [-0.3, -0.25) is 0 Å². The normalized spacial score (nSPS) is 10.8. The van der Waals surface area contributed by atoms with Gasteiger partial charge in [0.05, 0.1) is 28.0 Å². The highest BCUT2D eigenvalue weighted by atomic mass is 16.5. The predicted molar refractivity (Wildman–Crippen MR) is 127 cm³/mol. The lowest BCUT2D eigenvalue weighted by molar-refractivity contribution is 0.0735. The smallest absolute Gasteiger partial charge is 0.343 e. The second kappa shape index (κ2) is 8.44. The second-order valence-electron chi connectivity index (χ2n) is 7.56. The van der Waals surface area contributed by atoms with Gasteiger partial charge in [0.1, 0.15) is 5.75 Å². The fourth-order valence-corrected chi connectivity index (χ4v) is 3.55. The maximum Gasteiger partial charge on any atom is 0.343 e. The summed E-state index contributed by atoms with van der Waals surface area (Å²) >= 11 is 0. The summed E-state index contributed by atoms with van der Waals surface area (Å²) in [5.74, 6) is 0.0853. The van der Waals surface area contributed by atoms with Crippen molar-refractivity contribution in [2.24, 2.45) is 0 Å². The minimum atomic E-state index is -0.425. The number of hydrogen-bond acceptors (Lipinski definition) is 4. The highest BCUT2D eigenvalue weighted by Gasteiger charge is 2.15. The number of aromatic nitrogens is 2. The van der Waals surface area contributed by atoms with Crippen LogP contribution in [0.3, 0.4) is 0 Å². The number of carbonyl (C=O) groups is 1. The first-order chi connectivity index (χ1) is 15.7. The topological polar surface area (TPSA) is 52.1 Å². The summed E-state index contributed by atoms with van der Waals surface area (Å²) in [4.78, 5) is 22.5. The van der Waals surface area contributed by atoms with Crippen LogP contribution in [0, 0.1) is 6.92 Å². The lowest BCUT2D eigenvalue weighted by Gasteiger charge is -2.11. The Bertz CT molecular complexity index is 1400. The SMILES string of the molecule is Cc1ccc(OC(=O)c2ccc3nc(-c4ccccc4)c(-c4ccccc4)nc3c2)cc1. The van der Waals surface area contributed by atoms with Crippen molar-refractivity contribution < 1.29 is 9.53 Å². The van der Waals surface area contributed by atoms with E-state index in [4.69, 9.17) is 14.7 Å². The van der Waals surface area contributed by atoms with Gasteiger partial charge in [0.15, 0.2) is 0 Å². The molecule has 0 amide bonds. The highest BCUT2D eigenvalue weighted by molar-refractivity contribution is 5.96. The van der Waals surface area contributed by atoms with Crippen molar-refractivity contribution in [2.45, 2.75) is 6.92 Å². The number of fused-ring (bicyclic) bond motifs is 1. The first-order valence-electron chi connectivity index (χ1n) is 10.4. The largest absolute Gasteiger partial charge is 0.423 e. The molecule has 1 heterocycles. The van der Waals surface area contributed by atoms with Gasteiger partial charge in [0.25, 0.3) is 0 Å². The number of ether oxygens (including phenoxy) is 1. The van der Waals surface area contributed by atoms with E-state index in [0.717, 1.165) is 33.6 Å². The summed E-state index contributed by atoms with van der Waals surface area (Å²) < 4.78 is 5.53. The molecule has 4 heteroatoms. The van der Waals surface area contributed by atoms with Gasteiger partial charge < -0.3 is 4.74 Å². The van der Waals surface area contributed by atoms with Gasteiger partial charge in [-0.15, -0.1) is 0 Å². The van der Waals surface area contributed by atoms with Crippen LogP contribution in [0.1, 0.15) is 15.9 Å². The van der Waals surface area contributed by atoms with E-state index in [1.807, 2.05) is 85.8 Å². The van der Waals surface area contributed by atoms with Crippen LogP contribution in [0.25, 0.3) is 33.5 Å². The third-order valence-electron chi connectivity index (χ3n) is 5.23. The zero-order valence-electron chi connectivity index (χ0n) is 17.5. The molecule has 0 aliphatic rings. The minimum Gasteiger partial charge on any atom is -0.423 e. The van der Waals surface area contributed by atoms with Crippen LogP contribution in [0.5, 0.6) is 5.75 Å². The summed E-state index contributed by atoms with van der Waals surface area (Å²) in [5.41, 5.74) is 6.43. The molecule has 154 valence electrons. The highest BCUT2D eigenvalue weighted by Crippen LogP contribution is 2.31. The van der Waals surface area contributed by atoms with Crippen molar-refractivity contribution in [2.75, 3.05) is 0 Å². The molecule has 0 spiro atoms. The zero-order chi connectivity index (χ0) is 21.9. The summed E-state index contributed by atoms with van der Waals surface area (Å²) in [5, 5.41) is 0. The summed E-state index contributed by atoms with van der Waals surface area (Å²) in [6.45, 7) is 1.99. The number of aryl methyl sites for hydroxylation is 1. The van der Waals surface area contributed by atoms with E-state index in [2.05, 4.69) is 0 Å². The van der Waals surface area contributed by atoms with Crippen LogP contribution in [-0.2, 0) is 0 Å². The van der Waals surface area contributed by atoms with E-state index >= 15 is 0 Å². The molecule has 1 aromatic heterocycles. The molecule has 0 unspecified atom stereocenters. The molecular formula is C28H20N2O2. The van der Waals surface area contributed by atoms with Gasteiger partial charge in [0, 0.05) is 11.1 Å². The Morgan fingerprint density at radius 1 is 0.656 bits per heavy atom. The first kappa shape index (κ1) is 19.6. The van der Waals surface area contributed by atoms with Crippen LogP contribution in [0.2, 0.25) is 0 Å². The minimum absolute atomic E-state index is 0.425. The number of esters is 1. The van der Waals surface area contributed by atoms with Gasteiger partial charge in [-0.2, -0.15) is 0 Å². The van der Waals surface area contributed by atoms with E-state index in [1.54, 1.807) is 24.3 Å². The number of carbonyl (C=O) groups excluding carboxylic acids is 1. The molecule has 0 N–H and O–H groups in total. The van der Waals surface area contributed by atoms with Crippen molar-refractivity contribution >= 4 is 17.0 Å². The lowest BCUT2D eigenvalue weighted by Crippen LogP contribution is -2.08. The van der Waals surface area contributed by atoms with E-state index < -0.39 is 5.97 Å². The molecule has 0 bridgehead atoms. The average molecular weight is 416 g/mol. The number of nitrogens with zero attached hydrogens (tertiary/aromatic N) is 2. The van der Waals surface area contributed by atoms with Crippen molar-refractivity contribution in [3.8, 4) is 28.3 Å². The van der Waals surface area contributed by atoms with Crippen LogP contribution < -0.4 is 4.74 Å². The van der Waals surface area contributed by atoms with Gasteiger partial charge >= 0.3 is 5.97 Å². The summed E-state index contributed by atoms with van der Waals surface area (Å²) in [7, 11) is 0. The number of benzene rings is 4. The maximum atomic E-state index is 12.7. The fraction of sp³-hybridized carbons (Fsp3) is 0.0357. The van der Waals surface area contributed by atoms with Crippen LogP contribution >= 0.6 is 0 Å². The van der Waals surface area contributed by atoms with Gasteiger partial charge in [-0.05, 0) is 37.3 Å². The Kier molecular flexibility index (Phi) is 5.18. The molecule has 0 saturated carbocycles. The van der Waals surface area contributed by atoms with Crippen molar-refractivity contribution in [3.63, 3.8) is 0 Å². The Balaban J connectivity index is 1.59. The monoisotopic (exact) mass is 416 g/mol. The number of rotatable bonds is 4.